The maximum Gasteiger partial charge on any atom is 0.299 e. The molecular weight excluding hydrogens is 604 g/mol. The quantitative estimate of drug-likeness (QED) is 0.176. The molecule has 220 valence electrons. The van der Waals surface area contributed by atoms with E-state index in [-0.39, 0.29) is 16.9 Å². The van der Waals surface area contributed by atoms with Crippen molar-refractivity contribution < 1.29 is 25.9 Å². The van der Waals surface area contributed by atoms with E-state index in [9.17, 15) is 25.9 Å². The van der Waals surface area contributed by atoms with Crippen molar-refractivity contribution in [1.82, 2.24) is 30.0 Å². The summed E-state index contributed by atoms with van der Waals surface area (Å²) in [5.41, 5.74) is 1.41. The highest BCUT2D eigenvalue weighted by atomic mass is 32.2. The molecule has 14 heteroatoms. The number of aromatic nitrogens is 6. The zero-order valence-electron chi connectivity index (χ0n) is 22.6. The fourth-order valence-electron chi connectivity index (χ4n) is 4.60. The van der Waals surface area contributed by atoms with Gasteiger partial charge in [0, 0.05) is 16.7 Å². The Morgan fingerprint density at radius 3 is 1.59 bits per heavy atom. The summed E-state index contributed by atoms with van der Waals surface area (Å²) in [5.74, 6) is 0. The minimum Gasteiger partial charge on any atom is -0.282 e. The van der Waals surface area contributed by atoms with Gasteiger partial charge in [0.05, 0.1) is 12.4 Å². The smallest absolute Gasteiger partial charge is 0.282 e. The summed E-state index contributed by atoms with van der Waals surface area (Å²) in [6, 6.07) is 27.7. The molecule has 12 nitrogen and oxygen atoms in total. The van der Waals surface area contributed by atoms with Crippen LogP contribution in [0.5, 0.6) is 0 Å². The molecule has 0 fully saturated rings. The van der Waals surface area contributed by atoms with Crippen molar-refractivity contribution in [3.8, 4) is 33.9 Å². The van der Waals surface area contributed by atoms with E-state index in [2.05, 4.69) is 20.4 Å². The second-order valence-corrected chi connectivity index (χ2v) is 12.2. The standard InChI is InChI=1S/C30H22N6O6S2/c37-43(38,39)29-24(17-16-21-10-4-1-5-11-21)18-27(35-31-19-25(33-35)22-12-6-2-7-13-22)30(44(40,41)42)28(29)36-32-20-26(34-36)23-14-8-3-9-15-23/h1-20H,(H,37,38,39)(H,40,41,42). The molecule has 2 heterocycles. The predicted octanol–water partition coefficient (Wildman–Crippen LogP) is 4.85. The fraction of sp³-hybridized carbons (Fsp3) is 0. The molecule has 0 unspecified atom stereocenters. The van der Waals surface area contributed by atoms with Gasteiger partial charge >= 0.3 is 0 Å². The van der Waals surface area contributed by atoms with Crippen LogP contribution >= 0.6 is 0 Å². The Bertz CT molecular complexity index is 2220. The maximum atomic E-state index is 13.1. The zero-order chi connectivity index (χ0) is 30.9. The average molecular weight is 627 g/mol. The molecule has 6 rings (SSSR count). The Hall–Kier alpha value is -5.28. The van der Waals surface area contributed by atoms with Crippen molar-refractivity contribution in [3.63, 3.8) is 0 Å². The highest BCUT2D eigenvalue weighted by Crippen LogP contribution is 2.36. The van der Waals surface area contributed by atoms with E-state index in [1.54, 1.807) is 91.0 Å². The summed E-state index contributed by atoms with van der Waals surface area (Å²) in [6.45, 7) is 0. The molecule has 0 aliphatic heterocycles. The third-order valence-electron chi connectivity index (χ3n) is 6.53. The highest BCUT2D eigenvalue weighted by Gasteiger charge is 2.34. The molecule has 0 amide bonds. The molecule has 0 spiro atoms. The molecule has 0 radical (unpaired) electrons. The van der Waals surface area contributed by atoms with Crippen LogP contribution in [0.4, 0.5) is 0 Å². The van der Waals surface area contributed by atoms with Crippen LogP contribution in [0.3, 0.4) is 0 Å². The summed E-state index contributed by atoms with van der Waals surface area (Å²) in [7, 11) is -10.4. The second-order valence-electron chi connectivity index (χ2n) is 9.46. The van der Waals surface area contributed by atoms with Crippen molar-refractivity contribution in [3.05, 3.63) is 121 Å². The Morgan fingerprint density at radius 1 is 0.591 bits per heavy atom. The molecule has 0 saturated heterocycles. The molecule has 2 N–H and O–H groups in total. The molecule has 44 heavy (non-hydrogen) atoms. The summed E-state index contributed by atoms with van der Waals surface area (Å²) in [6.07, 6.45) is 5.63. The lowest BCUT2D eigenvalue weighted by Crippen LogP contribution is -2.19. The molecule has 0 atom stereocenters. The van der Waals surface area contributed by atoms with Crippen molar-refractivity contribution in [1.29, 1.82) is 0 Å². The molecular formula is C30H22N6O6S2. The molecule has 0 aliphatic carbocycles. The van der Waals surface area contributed by atoms with Crippen LogP contribution in [0.25, 0.3) is 46.0 Å². The number of hydrogen-bond acceptors (Lipinski definition) is 8. The van der Waals surface area contributed by atoms with Gasteiger partial charge in [0.15, 0.2) is 4.90 Å². The van der Waals surface area contributed by atoms with Gasteiger partial charge in [-0.25, -0.2) is 0 Å². The molecule has 2 aromatic heterocycles. The minimum absolute atomic E-state index is 0.147. The molecule has 0 bridgehead atoms. The monoisotopic (exact) mass is 626 g/mol. The van der Waals surface area contributed by atoms with Crippen LogP contribution in [-0.2, 0) is 20.2 Å². The Balaban J connectivity index is 1.68. The summed E-state index contributed by atoms with van der Waals surface area (Å²) >= 11 is 0. The van der Waals surface area contributed by atoms with Crippen LogP contribution in [0.1, 0.15) is 11.1 Å². The van der Waals surface area contributed by atoms with E-state index in [1.165, 1.54) is 18.5 Å². The van der Waals surface area contributed by atoms with Gasteiger partial charge in [-0.15, -0.1) is 19.8 Å². The van der Waals surface area contributed by atoms with Gasteiger partial charge in [0.2, 0.25) is 0 Å². The molecule has 4 aromatic carbocycles. The zero-order valence-corrected chi connectivity index (χ0v) is 24.2. The SMILES string of the molecule is O=S(=O)(O)c1c(C=Cc2ccccc2)cc(-n2ncc(-c3ccccc3)n2)c(S(=O)(=O)O)c1-n1ncc(-c2ccccc2)n1. The first-order chi connectivity index (χ1) is 21.1. The average Bonchev–Trinajstić information content (AvgIpc) is 3.71. The molecule has 0 aliphatic rings. The van der Waals surface area contributed by atoms with E-state index in [0.29, 0.717) is 22.4 Å². The first-order valence-electron chi connectivity index (χ1n) is 12.9. The van der Waals surface area contributed by atoms with Gasteiger partial charge < -0.3 is 0 Å². The summed E-state index contributed by atoms with van der Waals surface area (Å²) in [4.78, 5) is -0.108. The van der Waals surface area contributed by atoms with Crippen LogP contribution in [-0.4, -0.2) is 55.9 Å². The largest absolute Gasteiger partial charge is 0.299 e. The third-order valence-corrected chi connectivity index (χ3v) is 8.39. The molecule has 6 aromatic rings. The first-order valence-corrected chi connectivity index (χ1v) is 15.8. The maximum absolute atomic E-state index is 13.1. The summed E-state index contributed by atoms with van der Waals surface area (Å²) in [5, 5.41) is 17.1. The van der Waals surface area contributed by atoms with Crippen molar-refractivity contribution in [2.45, 2.75) is 9.79 Å². The van der Waals surface area contributed by atoms with E-state index in [0.717, 1.165) is 15.7 Å². The van der Waals surface area contributed by atoms with Gasteiger partial charge in [0.25, 0.3) is 20.2 Å². The van der Waals surface area contributed by atoms with E-state index in [1.807, 2.05) is 6.07 Å². The Kier molecular flexibility index (Phi) is 7.48. The minimum atomic E-state index is -5.24. The third kappa shape index (κ3) is 5.82. The van der Waals surface area contributed by atoms with Crippen LogP contribution < -0.4 is 0 Å². The number of rotatable bonds is 8. The van der Waals surface area contributed by atoms with Crippen molar-refractivity contribution in [2.75, 3.05) is 0 Å². The number of benzene rings is 4. The van der Waals surface area contributed by atoms with E-state index >= 15 is 0 Å². The second kappa shape index (κ2) is 11.4. The van der Waals surface area contributed by atoms with E-state index < -0.39 is 35.7 Å². The van der Waals surface area contributed by atoms with E-state index in [4.69, 9.17) is 0 Å². The van der Waals surface area contributed by atoms with Crippen LogP contribution in [0.15, 0.2) is 119 Å². The lowest BCUT2D eigenvalue weighted by Gasteiger charge is -2.17. The predicted molar refractivity (Wildman–Crippen MR) is 162 cm³/mol. The van der Waals surface area contributed by atoms with Gasteiger partial charge in [0.1, 0.15) is 27.7 Å². The Labute approximate surface area is 252 Å². The van der Waals surface area contributed by atoms with Crippen molar-refractivity contribution >= 4 is 32.4 Å². The lowest BCUT2D eigenvalue weighted by molar-refractivity contribution is 0.476. The Morgan fingerprint density at radius 2 is 1.07 bits per heavy atom. The normalized spacial score (nSPS) is 12.1. The van der Waals surface area contributed by atoms with Gasteiger partial charge in [-0.05, 0) is 11.6 Å². The molecule has 0 saturated carbocycles. The van der Waals surface area contributed by atoms with Gasteiger partial charge in [-0.1, -0.05) is 103 Å². The number of nitrogens with zero attached hydrogens (tertiary/aromatic N) is 6. The van der Waals surface area contributed by atoms with Crippen LogP contribution in [0, 0.1) is 0 Å². The first kappa shape index (κ1) is 28.8. The summed E-state index contributed by atoms with van der Waals surface area (Å²) < 4.78 is 73.2. The fourth-order valence-corrected chi connectivity index (χ4v) is 6.35. The van der Waals surface area contributed by atoms with Crippen LogP contribution in [0.2, 0.25) is 0 Å². The van der Waals surface area contributed by atoms with Gasteiger partial charge in [-0.2, -0.15) is 27.0 Å². The number of hydrogen-bond donors (Lipinski definition) is 2. The lowest BCUT2D eigenvalue weighted by atomic mass is 10.1. The van der Waals surface area contributed by atoms with Crippen molar-refractivity contribution in [2.24, 2.45) is 0 Å². The topological polar surface area (TPSA) is 170 Å². The van der Waals surface area contributed by atoms with Gasteiger partial charge in [-0.3, -0.25) is 9.11 Å². The highest BCUT2D eigenvalue weighted by molar-refractivity contribution is 7.87.